The Morgan fingerprint density at radius 3 is 2.74 bits per heavy atom. The van der Waals surface area contributed by atoms with E-state index in [2.05, 4.69) is 4.90 Å². The highest BCUT2D eigenvalue weighted by Gasteiger charge is 2.30. The molecule has 2 unspecified atom stereocenters. The normalized spacial score (nSPS) is 20.4. The van der Waals surface area contributed by atoms with Crippen molar-refractivity contribution in [1.82, 2.24) is 4.90 Å². The molecule has 5 heteroatoms. The summed E-state index contributed by atoms with van der Waals surface area (Å²) >= 11 is 4.86. The van der Waals surface area contributed by atoms with Crippen LogP contribution in [0, 0.1) is 5.82 Å². The molecule has 1 fully saturated rings. The number of nitrogens with zero attached hydrogens (tertiary/aromatic N) is 1. The molecule has 0 bridgehead atoms. The van der Waals surface area contributed by atoms with Crippen molar-refractivity contribution >= 4 is 22.8 Å². The molecule has 0 spiro atoms. The van der Waals surface area contributed by atoms with E-state index in [-0.39, 0.29) is 10.3 Å². The minimum absolute atomic E-state index is 0.141. The fraction of sp³-hybridized carbons (Fsp3) is 0.333. The number of hydrogen-bond donors (Lipinski definition) is 0. The second-order valence-corrected chi connectivity index (χ2v) is 8.00. The lowest BCUT2D eigenvalue weighted by atomic mass is 10.1. The second kappa shape index (κ2) is 7.67. The molecule has 1 saturated heterocycles. The van der Waals surface area contributed by atoms with E-state index in [1.54, 1.807) is 12.1 Å². The van der Waals surface area contributed by atoms with Gasteiger partial charge in [0.05, 0.1) is 5.02 Å². The molecule has 122 valence electrons. The first kappa shape index (κ1) is 16.8. The summed E-state index contributed by atoms with van der Waals surface area (Å²) in [6.07, 6.45) is 2.00. The van der Waals surface area contributed by atoms with Crippen LogP contribution in [-0.4, -0.2) is 27.8 Å². The first-order chi connectivity index (χ1) is 11.1. The molecule has 3 rings (SSSR count). The van der Waals surface area contributed by atoms with Crippen molar-refractivity contribution in [2.75, 3.05) is 13.1 Å². The third-order valence-electron chi connectivity index (χ3n) is 4.13. The Morgan fingerprint density at radius 1 is 1.22 bits per heavy atom. The molecular weight excluding hydrogens is 333 g/mol. The van der Waals surface area contributed by atoms with Crippen LogP contribution in [0.3, 0.4) is 0 Å². The molecule has 1 heterocycles. The lowest BCUT2D eigenvalue weighted by Crippen LogP contribution is -2.41. The lowest BCUT2D eigenvalue weighted by Gasteiger charge is -2.33. The van der Waals surface area contributed by atoms with Gasteiger partial charge in [0.25, 0.3) is 0 Å². The van der Waals surface area contributed by atoms with Gasteiger partial charge in [-0.25, -0.2) is 4.39 Å². The largest absolute Gasteiger partial charge is 0.611 e. The summed E-state index contributed by atoms with van der Waals surface area (Å²) in [4.78, 5) is 3.17. The molecule has 0 radical (unpaired) electrons. The Bertz CT molecular complexity index is 655. The first-order valence-electron chi connectivity index (χ1n) is 7.75. The Hall–Kier alpha value is -1.07. The van der Waals surface area contributed by atoms with Crippen LogP contribution >= 0.6 is 11.6 Å². The minimum atomic E-state index is -0.984. The zero-order valence-corrected chi connectivity index (χ0v) is 14.3. The average Bonchev–Trinajstić information content (AvgIpc) is 2.58. The topological polar surface area (TPSA) is 26.3 Å². The van der Waals surface area contributed by atoms with Gasteiger partial charge in [-0.05, 0) is 60.4 Å². The summed E-state index contributed by atoms with van der Waals surface area (Å²) in [6.45, 7) is 2.47. The maximum atomic E-state index is 13.2. The molecule has 23 heavy (non-hydrogen) atoms. The van der Waals surface area contributed by atoms with Crippen LogP contribution in [-0.2, 0) is 17.7 Å². The van der Waals surface area contributed by atoms with Crippen molar-refractivity contribution in [3.63, 3.8) is 0 Å². The molecule has 0 N–H and O–H groups in total. The van der Waals surface area contributed by atoms with E-state index in [1.807, 2.05) is 30.3 Å². The van der Waals surface area contributed by atoms with Crippen LogP contribution in [0.1, 0.15) is 18.4 Å². The van der Waals surface area contributed by atoms with Crippen LogP contribution < -0.4 is 0 Å². The molecule has 1 aliphatic rings. The molecule has 0 aliphatic carbocycles. The van der Waals surface area contributed by atoms with E-state index in [0.717, 1.165) is 36.4 Å². The molecule has 2 aromatic carbocycles. The summed E-state index contributed by atoms with van der Waals surface area (Å²) in [6, 6.07) is 14.5. The van der Waals surface area contributed by atoms with Gasteiger partial charge >= 0.3 is 0 Å². The van der Waals surface area contributed by atoms with E-state index in [4.69, 9.17) is 11.6 Å². The third kappa shape index (κ3) is 4.27. The Morgan fingerprint density at radius 2 is 2.00 bits per heavy atom. The highest BCUT2D eigenvalue weighted by molar-refractivity contribution is 7.92. The number of benzene rings is 2. The summed E-state index contributed by atoms with van der Waals surface area (Å²) < 4.78 is 26.0. The average molecular weight is 352 g/mol. The van der Waals surface area contributed by atoms with Crippen molar-refractivity contribution in [3.05, 3.63) is 64.9 Å². The fourth-order valence-electron chi connectivity index (χ4n) is 2.97. The van der Waals surface area contributed by atoms with Gasteiger partial charge in [0.2, 0.25) is 0 Å². The summed E-state index contributed by atoms with van der Waals surface area (Å²) in [5.74, 6) is -0.392. The third-order valence-corrected chi connectivity index (χ3v) is 6.15. The van der Waals surface area contributed by atoms with Gasteiger partial charge < -0.3 is 4.55 Å². The summed E-state index contributed by atoms with van der Waals surface area (Å²) in [7, 11) is 0. The Labute approximate surface area is 144 Å². The molecule has 1 aliphatic heterocycles. The van der Waals surface area contributed by atoms with Crippen molar-refractivity contribution in [2.24, 2.45) is 0 Å². The predicted octanol–water partition coefficient (Wildman–Crippen LogP) is 4.25. The lowest BCUT2D eigenvalue weighted by molar-refractivity contribution is 0.222. The standard InChI is InChI=1S/C18H19ClFNOS/c19-17-11-14(8-9-18(17)20)12-21-10-4-7-16(13-21)23(22)15-5-2-1-3-6-15/h1-3,5-6,8-9,11,16H,4,7,10,12-13H2. The number of likely N-dealkylation sites (tertiary alicyclic amines) is 1. The number of halogens is 2. The monoisotopic (exact) mass is 351 g/mol. The SMILES string of the molecule is [O-][S+](c1ccccc1)C1CCCN(Cc2ccc(F)c(Cl)c2)C1. The van der Waals surface area contributed by atoms with Crippen molar-refractivity contribution in [1.29, 1.82) is 0 Å². The van der Waals surface area contributed by atoms with Crippen LogP contribution in [0.2, 0.25) is 5.02 Å². The van der Waals surface area contributed by atoms with Gasteiger partial charge in [-0.1, -0.05) is 35.9 Å². The molecule has 0 aromatic heterocycles. The fourth-order valence-corrected chi connectivity index (χ4v) is 4.72. The Balaban J connectivity index is 1.65. The van der Waals surface area contributed by atoms with Crippen LogP contribution in [0.15, 0.2) is 53.4 Å². The van der Waals surface area contributed by atoms with Crippen molar-refractivity contribution < 1.29 is 8.94 Å². The molecule has 2 nitrogen and oxygen atoms in total. The van der Waals surface area contributed by atoms with E-state index >= 15 is 0 Å². The van der Waals surface area contributed by atoms with Gasteiger partial charge in [-0.3, -0.25) is 4.90 Å². The highest BCUT2D eigenvalue weighted by atomic mass is 35.5. The predicted molar refractivity (Wildman–Crippen MR) is 92.6 cm³/mol. The Kier molecular flexibility index (Phi) is 5.59. The van der Waals surface area contributed by atoms with E-state index in [1.165, 1.54) is 6.07 Å². The van der Waals surface area contributed by atoms with E-state index in [9.17, 15) is 8.94 Å². The minimum Gasteiger partial charge on any atom is -0.611 e. The number of rotatable bonds is 4. The maximum Gasteiger partial charge on any atom is 0.152 e. The van der Waals surface area contributed by atoms with Crippen molar-refractivity contribution in [3.8, 4) is 0 Å². The summed E-state index contributed by atoms with van der Waals surface area (Å²) in [5.41, 5.74) is 0.988. The maximum absolute atomic E-state index is 13.2. The highest BCUT2D eigenvalue weighted by Crippen LogP contribution is 2.25. The molecule has 0 saturated carbocycles. The van der Waals surface area contributed by atoms with Crippen molar-refractivity contribution in [2.45, 2.75) is 29.5 Å². The molecule has 2 aromatic rings. The second-order valence-electron chi connectivity index (χ2n) is 5.86. The van der Waals surface area contributed by atoms with Crippen LogP contribution in [0.5, 0.6) is 0 Å². The van der Waals surface area contributed by atoms with Gasteiger partial charge in [-0.15, -0.1) is 0 Å². The van der Waals surface area contributed by atoms with Gasteiger partial charge in [-0.2, -0.15) is 0 Å². The van der Waals surface area contributed by atoms with Gasteiger partial charge in [0, 0.05) is 13.1 Å². The van der Waals surface area contributed by atoms with Crippen LogP contribution in [0.4, 0.5) is 4.39 Å². The molecule has 2 atom stereocenters. The van der Waals surface area contributed by atoms with E-state index < -0.39 is 17.0 Å². The number of piperidine rings is 1. The molecule has 0 amide bonds. The van der Waals surface area contributed by atoms with Gasteiger partial charge in [0.15, 0.2) is 4.90 Å². The smallest absolute Gasteiger partial charge is 0.152 e. The van der Waals surface area contributed by atoms with Crippen LogP contribution in [0.25, 0.3) is 0 Å². The quantitative estimate of drug-likeness (QED) is 0.770. The first-order valence-corrected chi connectivity index (χ1v) is 9.34. The zero-order chi connectivity index (χ0) is 16.2. The summed E-state index contributed by atoms with van der Waals surface area (Å²) in [5, 5.41) is 0.297. The van der Waals surface area contributed by atoms with Gasteiger partial charge in [0.1, 0.15) is 11.1 Å². The molecular formula is C18H19ClFNOS. The zero-order valence-electron chi connectivity index (χ0n) is 12.8. The number of hydrogen-bond acceptors (Lipinski definition) is 2. The van der Waals surface area contributed by atoms with E-state index in [0.29, 0.717) is 6.54 Å².